The molecule has 2 aromatic rings. The van der Waals surface area contributed by atoms with Crippen molar-refractivity contribution in [2.45, 2.75) is 39.2 Å². The smallest absolute Gasteiger partial charge is 0.269 e. The zero-order valence-electron chi connectivity index (χ0n) is 19.7. The van der Waals surface area contributed by atoms with Crippen molar-refractivity contribution < 1.29 is 19.2 Å². The molecule has 8 heteroatoms. The molecule has 1 spiro atoms. The van der Waals surface area contributed by atoms with Crippen molar-refractivity contribution in [1.82, 2.24) is 0 Å². The predicted octanol–water partition coefficient (Wildman–Crippen LogP) is 3.80. The number of anilines is 2. The number of fused-ring (bicyclic) bond motifs is 4. The molecule has 2 fully saturated rings. The summed E-state index contributed by atoms with van der Waals surface area (Å²) in [5.74, 6) is 0.682. The molecule has 0 radical (unpaired) electrons. The van der Waals surface area contributed by atoms with E-state index in [9.17, 15) is 19.7 Å². The van der Waals surface area contributed by atoms with Gasteiger partial charge in [0, 0.05) is 56.0 Å². The van der Waals surface area contributed by atoms with Gasteiger partial charge in [0.15, 0.2) is 0 Å². The molecule has 3 aliphatic rings. The monoisotopic (exact) mass is 463 g/mol. The number of carbonyl (C=O) groups is 2. The van der Waals surface area contributed by atoms with Crippen molar-refractivity contribution in [3.8, 4) is 5.75 Å². The number of hydrogen-bond donors (Lipinski definition) is 0. The lowest BCUT2D eigenvalue weighted by molar-refractivity contribution is -0.384. The van der Waals surface area contributed by atoms with Gasteiger partial charge in [-0.15, -0.1) is 0 Å². The lowest BCUT2D eigenvalue weighted by Gasteiger charge is -2.56. The Bertz CT molecular complexity index is 1150. The van der Waals surface area contributed by atoms with Crippen LogP contribution < -0.4 is 14.5 Å². The molecule has 1 aliphatic carbocycles. The van der Waals surface area contributed by atoms with Crippen molar-refractivity contribution in [2.75, 3.05) is 36.5 Å². The first-order chi connectivity index (χ1) is 16.1. The second-order valence-corrected chi connectivity index (χ2v) is 10.4. The van der Waals surface area contributed by atoms with Crippen LogP contribution in [0.3, 0.4) is 0 Å². The lowest BCUT2D eigenvalue weighted by atomic mass is 9.56. The first-order valence-corrected chi connectivity index (χ1v) is 11.6. The quantitative estimate of drug-likeness (QED) is 0.388. The van der Waals surface area contributed by atoms with E-state index in [0.717, 1.165) is 17.1 Å². The summed E-state index contributed by atoms with van der Waals surface area (Å²) < 4.78 is 5.28. The van der Waals surface area contributed by atoms with Crippen LogP contribution in [0.2, 0.25) is 0 Å². The van der Waals surface area contributed by atoms with Crippen molar-refractivity contribution >= 4 is 28.6 Å². The molecule has 2 aliphatic heterocycles. The molecule has 1 saturated heterocycles. The lowest BCUT2D eigenvalue weighted by Crippen LogP contribution is -2.69. The van der Waals surface area contributed by atoms with Crippen LogP contribution in [0.25, 0.3) is 0 Å². The van der Waals surface area contributed by atoms with Gasteiger partial charge in [0.1, 0.15) is 22.7 Å². The highest BCUT2D eigenvalue weighted by atomic mass is 16.6. The molecule has 2 aromatic carbocycles. The standard InChI is InChI=1S/C26H29N3O5/c1-25(2)14-23(30)26(24(31)15-25)13-17-12-19(29(32)33)6-9-21(17)28-11-10-27(16-22(26)28)18-4-7-20(34-3)8-5-18/h4-9,12,22H,10-11,13-16H2,1-3H3. The van der Waals surface area contributed by atoms with Crippen LogP contribution in [0.4, 0.5) is 17.1 Å². The number of nitro groups is 1. The summed E-state index contributed by atoms with van der Waals surface area (Å²) in [5, 5.41) is 11.4. The topological polar surface area (TPSA) is 93.0 Å². The molecule has 0 aromatic heterocycles. The highest BCUT2D eigenvalue weighted by Gasteiger charge is 2.60. The molecule has 8 nitrogen and oxygen atoms in total. The molecule has 178 valence electrons. The van der Waals surface area contributed by atoms with E-state index in [1.807, 2.05) is 38.1 Å². The van der Waals surface area contributed by atoms with Crippen LogP contribution in [-0.4, -0.2) is 49.3 Å². The van der Waals surface area contributed by atoms with Gasteiger partial charge in [-0.05, 0) is 47.7 Å². The van der Waals surface area contributed by atoms with Crippen molar-refractivity contribution in [3.63, 3.8) is 0 Å². The Balaban J connectivity index is 1.59. The number of carbonyl (C=O) groups excluding carboxylic acids is 2. The van der Waals surface area contributed by atoms with Gasteiger partial charge < -0.3 is 14.5 Å². The Labute approximate surface area is 198 Å². The van der Waals surface area contributed by atoms with E-state index >= 15 is 0 Å². The summed E-state index contributed by atoms with van der Waals surface area (Å²) in [6.45, 7) is 5.77. The number of ether oxygens (including phenoxy) is 1. The molecule has 1 unspecified atom stereocenters. The maximum atomic E-state index is 13.8. The van der Waals surface area contributed by atoms with Gasteiger partial charge in [-0.3, -0.25) is 19.7 Å². The van der Waals surface area contributed by atoms with Gasteiger partial charge in [-0.25, -0.2) is 0 Å². The van der Waals surface area contributed by atoms with Crippen LogP contribution in [0.5, 0.6) is 5.75 Å². The average molecular weight is 464 g/mol. The number of non-ortho nitro benzene ring substituents is 1. The third-order valence-corrected chi connectivity index (χ3v) is 7.71. The Hall–Kier alpha value is -3.42. The fraction of sp³-hybridized carbons (Fsp3) is 0.462. The van der Waals surface area contributed by atoms with Crippen molar-refractivity contribution in [3.05, 3.63) is 58.1 Å². The number of benzene rings is 2. The predicted molar refractivity (Wildman–Crippen MR) is 129 cm³/mol. The van der Waals surface area contributed by atoms with E-state index in [4.69, 9.17) is 4.74 Å². The SMILES string of the molecule is COc1ccc(N2CCN3c4ccc([N+](=O)[O-])cc4CC4(C(=O)CC(C)(C)CC4=O)C3C2)cc1. The molecule has 0 N–H and O–H groups in total. The second kappa shape index (κ2) is 7.82. The van der Waals surface area contributed by atoms with Crippen LogP contribution in [-0.2, 0) is 16.0 Å². The number of rotatable bonds is 3. The van der Waals surface area contributed by atoms with Crippen molar-refractivity contribution in [2.24, 2.45) is 10.8 Å². The molecule has 0 bridgehead atoms. The van der Waals surface area contributed by atoms with Gasteiger partial charge in [-0.2, -0.15) is 0 Å². The number of methoxy groups -OCH3 is 1. The number of piperazine rings is 1. The number of Topliss-reactive ketones (excluding diaryl/α,β-unsaturated/α-hetero) is 2. The number of ketones is 2. The number of nitrogens with zero attached hydrogens (tertiary/aromatic N) is 3. The van der Waals surface area contributed by atoms with Gasteiger partial charge in [-0.1, -0.05) is 13.8 Å². The van der Waals surface area contributed by atoms with Gasteiger partial charge in [0.05, 0.1) is 18.1 Å². The summed E-state index contributed by atoms with van der Waals surface area (Å²) in [7, 11) is 1.63. The van der Waals surface area contributed by atoms with Crippen molar-refractivity contribution in [1.29, 1.82) is 0 Å². The number of hydrogen-bond acceptors (Lipinski definition) is 7. The van der Waals surface area contributed by atoms with Gasteiger partial charge >= 0.3 is 0 Å². The van der Waals surface area contributed by atoms with E-state index in [1.165, 1.54) is 6.07 Å². The zero-order valence-corrected chi connectivity index (χ0v) is 19.7. The highest BCUT2D eigenvalue weighted by Crippen LogP contribution is 2.51. The Kier molecular flexibility index (Phi) is 5.15. The summed E-state index contributed by atoms with van der Waals surface area (Å²) >= 11 is 0. The maximum absolute atomic E-state index is 13.8. The summed E-state index contributed by atoms with van der Waals surface area (Å²) in [6.07, 6.45) is 0.876. The third-order valence-electron chi connectivity index (χ3n) is 7.71. The normalized spacial score (nSPS) is 22.9. The van der Waals surface area contributed by atoms with Crippen LogP contribution in [0.15, 0.2) is 42.5 Å². The fourth-order valence-corrected chi connectivity index (χ4v) is 6.02. The highest BCUT2D eigenvalue weighted by molar-refractivity contribution is 6.11. The Morgan fingerprint density at radius 1 is 1.00 bits per heavy atom. The molecule has 1 atom stereocenters. The largest absolute Gasteiger partial charge is 0.497 e. The molecule has 2 heterocycles. The second-order valence-electron chi connectivity index (χ2n) is 10.4. The minimum Gasteiger partial charge on any atom is -0.497 e. The van der Waals surface area contributed by atoms with Crippen LogP contribution in [0.1, 0.15) is 32.3 Å². The maximum Gasteiger partial charge on any atom is 0.269 e. The first kappa shape index (κ1) is 22.4. The van der Waals surface area contributed by atoms with Gasteiger partial charge in [0.2, 0.25) is 0 Å². The minimum atomic E-state index is -1.19. The van der Waals surface area contributed by atoms with E-state index in [-0.39, 0.29) is 35.1 Å². The van der Waals surface area contributed by atoms with E-state index in [0.29, 0.717) is 38.0 Å². The summed E-state index contributed by atoms with van der Waals surface area (Å²) in [5.41, 5.74) is 1.03. The molecule has 1 saturated carbocycles. The Morgan fingerprint density at radius 2 is 1.68 bits per heavy atom. The Morgan fingerprint density at radius 3 is 2.29 bits per heavy atom. The third kappa shape index (κ3) is 3.43. The van der Waals surface area contributed by atoms with Crippen LogP contribution >= 0.6 is 0 Å². The van der Waals surface area contributed by atoms with E-state index in [1.54, 1.807) is 19.2 Å². The minimum absolute atomic E-state index is 0.0137. The van der Waals surface area contributed by atoms with Crippen LogP contribution in [0, 0.1) is 20.9 Å². The summed E-state index contributed by atoms with van der Waals surface area (Å²) in [4.78, 5) is 43.0. The van der Waals surface area contributed by atoms with E-state index in [2.05, 4.69) is 9.80 Å². The zero-order chi connectivity index (χ0) is 24.3. The fourth-order valence-electron chi connectivity index (χ4n) is 6.02. The molecular formula is C26H29N3O5. The average Bonchev–Trinajstić information content (AvgIpc) is 2.81. The molecular weight excluding hydrogens is 434 g/mol. The molecule has 0 amide bonds. The number of nitro benzene ring substituents is 1. The molecule has 34 heavy (non-hydrogen) atoms. The van der Waals surface area contributed by atoms with Gasteiger partial charge in [0.25, 0.3) is 5.69 Å². The summed E-state index contributed by atoms with van der Waals surface area (Å²) in [6, 6.07) is 12.3. The van der Waals surface area contributed by atoms with E-state index < -0.39 is 10.3 Å². The molecule has 5 rings (SSSR count). The first-order valence-electron chi connectivity index (χ1n) is 11.6.